The summed E-state index contributed by atoms with van der Waals surface area (Å²) in [6.45, 7) is 2.84. The zero-order chi connectivity index (χ0) is 25.1. The first-order valence-corrected chi connectivity index (χ1v) is 11.6. The maximum atomic E-state index is 12.6. The summed E-state index contributed by atoms with van der Waals surface area (Å²) in [5, 5.41) is 8.33. The number of anilines is 2. The van der Waals surface area contributed by atoms with Gasteiger partial charge in [-0.2, -0.15) is 5.10 Å². The number of aromatic nitrogens is 5. The van der Waals surface area contributed by atoms with Crippen molar-refractivity contribution in [2.45, 2.75) is 25.8 Å². The Morgan fingerprint density at radius 3 is 2.53 bits per heavy atom. The lowest BCUT2D eigenvalue weighted by Gasteiger charge is -2.30. The highest BCUT2D eigenvalue weighted by Gasteiger charge is 2.27. The van der Waals surface area contributed by atoms with Gasteiger partial charge in [0.1, 0.15) is 23.7 Å². The van der Waals surface area contributed by atoms with Crippen LogP contribution in [-0.2, 0) is 4.79 Å². The SMILES string of the molecule is CC#CC(=O)N1CCC(n2nc(-c3ccc(C(=O)Nc4ccccn4)cc3)c3c(N)ncnc32)CC1. The fourth-order valence-corrected chi connectivity index (χ4v) is 4.36. The third kappa shape index (κ3) is 4.46. The minimum atomic E-state index is -0.257. The Morgan fingerprint density at radius 2 is 1.83 bits per heavy atom. The molecule has 0 saturated carbocycles. The third-order valence-electron chi connectivity index (χ3n) is 6.17. The number of fused-ring (bicyclic) bond motifs is 1. The highest BCUT2D eigenvalue weighted by molar-refractivity contribution is 6.04. The second kappa shape index (κ2) is 9.84. The topological polar surface area (TPSA) is 132 Å². The van der Waals surface area contributed by atoms with Gasteiger partial charge in [-0.15, -0.1) is 0 Å². The van der Waals surface area contributed by atoms with Crippen molar-refractivity contribution in [1.29, 1.82) is 0 Å². The number of nitrogens with two attached hydrogens (primary N) is 1. The lowest BCUT2D eigenvalue weighted by Crippen LogP contribution is -2.38. The minimum absolute atomic E-state index is 0.0533. The lowest BCUT2D eigenvalue weighted by molar-refractivity contribution is -0.126. The summed E-state index contributed by atoms with van der Waals surface area (Å²) in [5.74, 6) is 5.68. The molecule has 0 atom stereocenters. The lowest BCUT2D eigenvalue weighted by atomic mass is 10.0. The number of carbonyl (C=O) groups is 2. The number of nitrogens with zero attached hydrogens (tertiary/aromatic N) is 6. The highest BCUT2D eigenvalue weighted by Crippen LogP contribution is 2.34. The van der Waals surface area contributed by atoms with Crippen molar-refractivity contribution in [1.82, 2.24) is 29.6 Å². The maximum Gasteiger partial charge on any atom is 0.298 e. The van der Waals surface area contributed by atoms with Crippen molar-refractivity contribution in [2.75, 3.05) is 24.1 Å². The number of rotatable bonds is 4. The Bertz CT molecular complexity index is 1480. The number of nitrogen functional groups attached to an aromatic ring is 1. The number of hydrogen-bond acceptors (Lipinski definition) is 7. The Labute approximate surface area is 207 Å². The first-order valence-electron chi connectivity index (χ1n) is 11.6. The number of hydrogen-bond donors (Lipinski definition) is 2. The molecule has 180 valence electrons. The van der Waals surface area contributed by atoms with Crippen LogP contribution in [0.3, 0.4) is 0 Å². The number of nitrogens with one attached hydrogen (secondary N) is 1. The molecule has 1 fully saturated rings. The fourth-order valence-electron chi connectivity index (χ4n) is 4.36. The maximum absolute atomic E-state index is 12.6. The van der Waals surface area contributed by atoms with Crippen molar-refractivity contribution in [3.05, 3.63) is 60.6 Å². The van der Waals surface area contributed by atoms with Crippen LogP contribution in [0.15, 0.2) is 55.0 Å². The molecule has 0 spiro atoms. The number of amides is 2. The molecular weight excluding hydrogens is 456 g/mol. The van der Waals surface area contributed by atoms with Crippen molar-refractivity contribution < 1.29 is 9.59 Å². The summed E-state index contributed by atoms with van der Waals surface area (Å²) in [6, 6.07) is 12.5. The van der Waals surface area contributed by atoms with Gasteiger partial charge in [-0.1, -0.05) is 24.1 Å². The van der Waals surface area contributed by atoms with Crippen LogP contribution in [0, 0.1) is 11.8 Å². The van der Waals surface area contributed by atoms with Crippen LogP contribution in [-0.4, -0.2) is 54.5 Å². The van der Waals surface area contributed by atoms with Crippen LogP contribution < -0.4 is 11.1 Å². The number of piperidine rings is 1. The van der Waals surface area contributed by atoms with Crippen LogP contribution >= 0.6 is 0 Å². The van der Waals surface area contributed by atoms with E-state index in [0.29, 0.717) is 47.0 Å². The average molecular weight is 481 g/mol. The van der Waals surface area contributed by atoms with Crippen molar-refractivity contribution in [3.63, 3.8) is 0 Å². The molecular formula is C26H24N8O2. The first-order chi connectivity index (χ1) is 17.5. The smallest absolute Gasteiger partial charge is 0.298 e. The molecule has 1 saturated heterocycles. The van der Waals surface area contributed by atoms with E-state index in [1.54, 1.807) is 48.4 Å². The molecule has 36 heavy (non-hydrogen) atoms. The summed E-state index contributed by atoms with van der Waals surface area (Å²) >= 11 is 0. The predicted octanol–water partition coefficient (Wildman–Crippen LogP) is 2.91. The van der Waals surface area contributed by atoms with Gasteiger partial charge in [0.15, 0.2) is 5.65 Å². The van der Waals surface area contributed by atoms with Crippen molar-refractivity contribution >= 4 is 34.5 Å². The number of benzene rings is 1. The molecule has 10 heteroatoms. The third-order valence-corrected chi connectivity index (χ3v) is 6.17. The number of carbonyl (C=O) groups excluding carboxylic acids is 2. The molecule has 0 bridgehead atoms. The molecule has 1 aromatic carbocycles. The number of likely N-dealkylation sites (tertiary alicyclic amines) is 1. The minimum Gasteiger partial charge on any atom is -0.383 e. The highest BCUT2D eigenvalue weighted by atomic mass is 16.2. The van der Waals surface area contributed by atoms with Gasteiger partial charge in [0.25, 0.3) is 11.8 Å². The molecule has 10 nitrogen and oxygen atoms in total. The first kappa shape index (κ1) is 23.0. The van der Waals surface area contributed by atoms with E-state index < -0.39 is 0 Å². The second-order valence-electron chi connectivity index (χ2n) is 8.40. The van der Waals surface area contributed by atoms with E-state index in [0.717, 1.165) is 18.4 Å². The fraction of sp³-hybridized carbons (Fsp3) is 0.231. The van der Waals surface area contributed by atoms with Crippen molar-refractivity contribution in [2.24, 2.45) is 0 Å². The summed E-state index contributed by atoms with van der Waals surface area (Å²) in [7, 11) is 0. The van der Waals surface area contributed by atoms with Gasteiger partial charge in [0.2, 0.25) is 0 Å². The standard InChI is InChI=1S/C26H24N8O2/c1-2-5-21(35)33-14-11-19(12-15-33)34-25-22(24(27)29-16-30-25)23(32-34)17-7-9-18(10-8-17)26(36)31-20-6-3-4-13-28-20/h3-4,6-10,13,16,19H,11-12,14-15H2,1H3,(H2,27,29,30)(H,28,31,36). The molecule has 1 aliphatic heterocycles. The van der Waals surface area contributed by atoms with Crippen LogP contribution in [0.2, 0.25) is 0 Å². The van der Waals surface area contributed by atoms with Gasteiger partial charge in [-0.05, 0) is 50.0 Å². The van der Waals surface area contributed by atoms with E-state index in [1.165, 1.54) is 6.33 Å². The molecule has 0 radical (unpaired) electrons. The summed E-state index contributed by atoms with van der Waals surface area (Å²) in [6.07, 6.45) is 4.50. The van der Waals surface area contributed by atoms with Crippen LogP contribution in [0.1, 0.15) is 36.2 Å². The average Bonchev–Trinajstić information content (AvgIpc) is 3.31. The molecule has 3 aromatic heterocycles. The molecule has 4 aromatic rings. The largest absolute Gasteiger partial charge is 0.383 e. The number of pyridine rings is 1. The van der Waals surface area contributed by atoms with Gasteiger partial charge in [-0.25, -0.2) is 19.6 Å². The van der Waals surface area contributed by atoms with E-state index >= 15 is 0 Å². The summed E-state index contributed by atoms with van der Waals surface area (Å²) < 4.78 is 1.89. The normalized spacial score (nSPS) is 13.8. The van der Waals surface area contributed by atoms with E-state index in [1.807, 2.05) is 16.8 Å². The van der Waals surface area contributed by atoms with E-state index in [9.17, 15) is 9.59 Å². The molecule has 0 unspecified atom stereocenters. The van der Waals surface area contributed by atoms with Crippen LogP contribution in [0.4, 0.5) is 11.6 Å². The van der Waals surface area contributed by atoms with E-state index in [-0.39, 0.29) is 17.9 Å². The monoisotopic (exact) mass is 480 g/mol. The van der Waals surface area contributed by atoms with Crippen molar-refractivity contribution in [3.8, 4) is 23.1 Å². The molecule has 1 aliphatic rings. The molecule has 4 heterocycles. The van der Waals surface area contributed by atoms with E-state index in [2.05, 4.69) is 32.1 Å². The van der Waals surface area contributed by atoms with Crippen LogP contribution in [0.5, 0.6) is 0 Å². The van der Waals surface area contributed by atoms with E-state index in [4.69, 9.17) is 10.8 Å². The Balaban J connectivity index is 1.42. The van der Waals surface area contributed by atoms with Gasteiger partial charge in [0.05, 0.1) is 11.4 Å². The van der Waals surface area contributed by atoms with Gasteiger partial charge in [0, 0.05) is 30.4 Å². The predicted molar refractivity (Wildman–Crippen MR) is 136 cm³/mol. The molecule has 2 amide bonds. The Morgan fingerprint density at radius 1 is 1.06 bits per heavy atom. The molecule has 0 aliphatic carbocycles. The molecule has 5 rings (SSSR count). The Kier molecular flexibility index (Phi) is 6.28. The summed E-state index contributed by atoms with van der Waals surface area (Å²) in [5.41, 5.74) is 8.83. The zero-order valence-electron chi connectivity index (χ0n) is 19.7. The molecule has 3 N–H and O–H groups in total. The second-order valence-corrected chi connectivity index (χ2v) is 8.40. The van der Waals surface area contributed by atoms with Crippen LogP contribution in [0.25, 0.3) is 22.3 Å². The Hall–Kier alpha value is -4.78. The quantitative estimate of drug-likeness (QED) is 0.429. The van der Waals surface area contributed by atoms with Gasteiger partial charge in [-0.3, -0.25) is 9.59 Å². The van der Waals surface area contributed by atoms with Gasteiger partial charge < -0.3 is 16.0 Å². The zero-order valence-corrected chi connectivity index (χ0v) is 19.7. The summed E-state index contributed by atoms with van der Waals surface area (Å²) in [4.78, 5) is 39.3. The van der Waals surface area contributed by atoms with Gasteiger partial charge >= 0.3 is 0 Å².